The van der Waals surface area contributed by atoms with Crippen molar-refractivity contribution in [2.45, 2.75) is 0 Å². The summed E-state index contributed by atoms with van der Waals surface area (Å²) in [5.74, 6) is -0.0193. The van der Waals surface area contributed by atoms with Crippen LogP contribution < -0.4 is 0 Å². The van der Waals surface area contributed by atoms with Gasteiger partial charge >= 0.3 is 0 Å². The number of nitrogens with zero attached hydrogens (tertiary/aromatic N) is 2. The van der Waals surface area contributed by atoms with Gasteiger partial charge in [0, 0.05) is 33.6 Å². The Morgan fingerprint density at radius 3 is 2.21 bits per heavy atom. The Kier molecular flexibility index (Phi) is 4.00. The summed E-state index contributed by atoms with van der Waals surface area (Å²) in [6, 6.07) is 38.9. The SMILES string of the molecule is O=C(c1ccc2ccccc2c1)n1c2ccccc2c2c3c(ccc21)ccn3-c1ccccc1. The molecule has 2 heterocycles. The van der Waals surface area contributed by atoms with E-state index in [2.05, 4.69) is 53.2 Å². The lowest BCUT2D eigenvalue weighted by Gasteiger charge is -2.09. The molecule has 34 heavy (non-hydrogen) atoms. The molecule has 7 rings (SSSR count). The first-order valence-electron chi connectivity index (χ1n) is 11.4. The smallest absolute Gasteiger partial charge is 0.262 e. The second-order valence-corrected chi connectivity index (χ2v) is 8.64. The fourth-order valence-corrected chi connectivity index (χ4v) is 5.16. The Balaban J connectivity index is 1.55. The summed E-state index contributed by atoms with van der Waals surface area (Å²) in [6.45, 7) is 0. The molecule has 0 unspecified atom stereocenters. The number of para-hydroxylation sites is 2. The molecule has 3 heteroatoms. The highest BCUT2D eigenvalue weighted by atomic mass is 16.2. The first-order chi connectivity index (χ1) is 16.8. The normalized spacial score (nSPS) is 11.6. The molecule has 0 aliphatic heterocycles. The van der Waals surface area contributed by atoms with Crippen LogP contribution in [-0.4, -0.2) is 15.0 Å². The minimum atomic E-state index is -0.0193. The van der Waals surface area contributed by atoms with E-state index in [1.54, 1.807) is 0 Å². The second-order valence-electron chi connectivity index (χ2n) is 8.64. The van der Waals surface area contributed by atoms with Gasteiger partial charge in [-0.3, -0.25) is 9.36 Å². The van der Waals surface area contributed by atoms with Gasteiger partial charge in [0.2, 0.25) is 0 Å². The molecule has 3 nitrogen and oxygen atoms in total. The van der Waals surface area contributed by atoms with Crippen molar-refractivity contribution in [2.75, 3.05) is 0 Å². The van der Waals surface area contributed by atoms with Crippen LogP contribution in [0.5, 0.6) is 0 Å². The molecule has 0 saturated heterocycles. The predicted molar refractivity (Wildman–Crippen MR) is 140 cm³/mol. The van der Waals surface area contributed by atoms with E-state index in [0.29, 0.717) is 5.56 Å². The topological polar surface area (TPSA) is 26.9 Å². The number of carbonyl (C=O) groups is 1. The van der Waals surface area contributed by atoms with E-state index >= 15 is 0 Å². The molecule has 5 aromatic carbocycles. The molecule has 0 N–H and O–H groups in total. The van der Waals surface area contributed by atoms with Gasteiger partial charge in [0.25, 0.3) is 5.91 Å². The van der Waals surface area contributed by atoms with Crippen LogP contribution in [0.25, 0.3) is 49.2 Å². The van der Waals surface area contributed by atoms with Crippen molar-refractivity contribution < 1.29 is 4.79 Å². The maximum Gasteiger partial charge on any atom is 0.262 e. The summed E-state index contributed by atoms with van der Waals surface area (Å²) in [6.07, 6.45) is 2.11. The van der Waals surface area contributed by atoms with Crippen molar-refractivity contribution >= 4 is 49.4 Å². The van der Waals surface area contributed by atoms with Crippen LogP contribution in [0, 0.1) is 0 Å². The Morgan fingerprint density at radius 1 is 0.588 bits per heavy atom. The van der Waals surface area contributed by atoms with Crippen LogP contribution in [-0.2, 0) is 0 Å². The lowest BCUT2D eigenvalue weighted by Crippen LogP contribution is -2.11. The van der Waals surface area contributed by atoms with Gasteiger partial charge < -0.3 is 4.57 Å². The van der Waals surface area contributed by atoms with Gasteiger partial charge in [0.1, 0.15) is 0 Å². The van der Waals surface area contributed by atoms with E-state index in [1.165, 1.54) is 0 Å². The van der Waals surface area contributed by atoms with E-state index in [-0.39, 0.29) is 5.91 Å². The van der Waals surface area contributed by atoms with Crippen LogP contribution in [0.1, 0.15) is 10.4 Å². The number of hydrogen-bond acceptors (Lipinski definition) is 1. The monoisotopic (exact) mass is 436 g/mol. The molecule has 160 valence electrons. The van der Waals surface area contributed by atoms with Gasteiger partial charge in [-0.1, -0.05) is 72.8 Å². The maximum absolute atomic E-state index is 14.0. The van der Waals surface area contributed by atoms with E-state index in [9.17, 15) is 4.79 Å². The molecule has 0 fully saturated rings. The average Bonchev–Trinajstić information content (AvgIpc) is 3.47. The van der Waals surface area contributed by atoms with E-state index < -0.39 is 0 Å². The number of rotatable bonds is 2. The van der Waals surface area contributed by atoms with Gasteiger partial charge in [0.05, 0.1) is 16.6 Å². The number of aromatic nitrogens is 2. The zero-order valence-corrected chi connectivity index (χ0v) is 18.3. The molecular weight excluding hydrogens is 416 g/mol. The third-order valence-corrected chi connectivity index (χ3v) is 6.72. The zero-order chi connectivity index (χ0) is 22.6. The standard InChI is InChI=1S/C31H20N2O/c34-31(24-15-14-21-8-4-5-9-23(21)20-24)33-27-13-7-6-12-26(27)29-28(33)17-16-22-18-19-32(30(22)29)25-10-2-1-3-11-25/h1-20H. The van der Waals surface area contributed by atoms with Crippen LogP contribution in [0.15, 0.2) is 121 Å². The summed E-state index contributed by atoms with van der Waals surface area (Å²) in [5, 5.41) is 5.51. The highest BCUT2D eigenvalue weighted by Crippen LogP contribution is 2.37. The molecule has 0 bridgehead atoms. The van der Waals surface area contributed by atoms with Crippen LogP contribution >= 0.6 is 0 Å². The molecule has 0 atom stereocenters. The fourth-order valence-electron chi connectivity index (χ4n) is 5.16. The molecule has 0 aliphatic carbocycles. The molecule has 0 spiro atoms. The van der Waals surface area contributed by atoms with E-state index in [4.69, 9.17) is 0 Å². The minimum Gasteiger partial charge on any atom is -0.316 e. The van der Waals surface area contributed by atoms with E-state index in [1.807, 2.05) is 77.4 Å². The van der Waals surface area contributed by atoms with Crippen LogP contribution in [0.4, 0.5) is 0 Å². The highest BCUT2D eigenvalue weighted by molar-refractivity contribution is 6.24. The quantitative estimate of drug-likeness (QED) is 0.274. The molecular formula is C31H20N2O. The average molecular weight is 437 g/mol. The largest absolute Gasteiger partial charge is 0.316 e. The molecule has 0 radical (unpaired) electrons. The Morgan fingerprint density at radius 2 is 1.32 bits per heavy atom. The lowest BCUT2D eigenvalue weighted by atomic mass is 10.1. The number of carbonyl (C=O) groups excluding carboxylic acids is 1. The number of hydrogen-bond donors (Lipinski definition) is 0. The maximum atomic E-state index is 14.0. The summed E-state index contributed by atoms with van der Waals surface area (Å²) in [5.41, 5.74) is 4.74. The van der Waals surface area contributed by atoms with Crippen molar-refractivity contribution in [2.24, 2.45) is 0 Å². The third-order valence-electron chi connectivity index (χ3n) is 6.72. The Labute approximate surface area is 196 Å². The van der Waals surface area contributed by atoms with Crippen molar-refractivity contribution in [3.05, 3.63) is 127 Å². The Bertz CT molecular complexity index is 1870. The van der Waals surface area contributed by atoms with Gasteiger partial charge in [-0.15, -0.1) is 0 Å². The molecule has 2 aromatic heterocycles. The zero-order valence-electron chi connectivity index (χ0n) is 18.3. The van der Waals surface area contributed by atoms with Crippen molar-refractivity contribution in [3.63, 3.8) is 0 Å². The molecule has 7 aromatic rings. The summed E-state index contributed by atoms with van der Waals surface area (Å²) >= 11 is 0. The molecule has 0 saturated carbocycles. The van der Waals surface area contributed by atoms with Gasteiger partial charge in [-0.2, -0.15) is 0 Å². The predicted octanol–water partition coefficient (Wildman–Crippen LogP) is 7.58. The fraction of sp³-hybridized carbons (Fsp3) is 0. The Hall–Kier alpha value is -4.63. The molecule has 0 amide bonds. The van der Waals surface area contributed by atoms with Gasteiger partial charge in [0.15, 0.2) is 0 Å². The minimum absolute atomic E-state index is 0.0193. The lowest BCUT2D eigenvalue weighted by molar-refractivity contribution is 0.0969. The van der Waals surface area contributed by atoms with Crippen LogP contribution in [0.3, 0.4) is 0 Å². The second kappa shape index (κ2) is 7.19. The van der Waals surface area contributed by atoms with Crippen LogP contribution in [0.2, 0.25) is 0 Å². The number of fused-ring (bicyclic) bond motifs is 6. The van der Waals surface area contributed by atoms with Gasteiger partial charge in [-0.05, 0) is 53.2 Å². The van der Waals surface area contributed by atoms with E-state index in [0.717, 1.165) is 49.2 Å². The highest BCUT2D eigenvalue weighted by Gasteiger charge is 2.20. The summed E-state index contributed by atoms with van der Waals surface area (Å²) < 4.78 is 4.09. The number of benzene rings is 5. The van der Waals surface area contributed by atoms with Gasteiger partial charge in [-0.25, -0.2) is 0 Å². The van der Waals surface area contributed by atoms with Crippen molar-refractivity contribution in [3.8, 4) is 5.69 Å². The first-order valence-corrected chi connectivity index (χ1v) is 11.4. The summed E-state index contributed by atoms with van der Waals surface area (Å²) in [4.78, 5) is 14.0. The third kappa shape index (κ3) is 2.67. The van der Waals surface area contributed by atoms with Crippen molar-refractivity contribution in [1.82, 2.24) is 9.13 Å². The van der Waals surface area contributed by atoms with Crippen molar-refractivity contribution in [1.29, 1.82) is 0 Å². The summed E-state index contributed by atoms with van der Waals surface area (Å²) in [7, 11) is 0. The first kappa shape index (κ1) is 18.9. The molecule has 0 aliphatic rings.